The zero-order valence-corrected chi connectivity index (χ0v) is 10.6. The van der Waals surface area contributed by atoms with Crippen molar-refractivity contribution in [1.82, 2.24) is 9.78 Å². The number of hydrogen-bond donors (Lipinski definition) is 1. The molecule has 0 aliphatic heterocycles. The molecule has 1 aromatic heterocycles. The summed E-state index contributed by atoms with van der Waals surface area (Å²) in [6.07, 6.45) is 4.55. The molecule has 0 unspecified atom stereocenters. The zero-order valence-electron chi connectivity index (χ0n) is 10.6. The van der Waals surface area contributed by atoms with Gasteiger partial charge in [0.2, 0.25) is 0 Å². The summed E-state index contributed by atoms with van der Waals surface area (Å²) in [5, 5.41) is 4.19. The Hall–Kier alpha value is -2.17. The number of hydrogen-bond acceptors (Lipinski definition) is 4. The number of para-hydroxylation sites is 1. The number of benzene rings is 1. The fraction of sp³-hybridized carbons (Fsp3) is 0.308. The molecule has 96 valence electrons. The van der Waals surface area contributed by atoms with Crippen LogP contribution in [0.2, 0.25) is 0 Å². The Labute approximate surface area is 106 Å². The molecular formula is C13H17N3O2. The Morgan fingerprint density at radius 3 is 2.83 bits per heavy atom. The molecule has 0 spiro atoms. The molecule has 2 N–H and O–H groups in total. The van der Waals surface area contributed by atoms with Crippen molar-refractivity contribution in [1.29, 1.82) is 0 Å². The molecule has 18 heavy (non-hydrogen) atoms. The second-order valence-electron chi connectivity index (χ2n) is 3.91. The van der Waals surface area contributed by atoms with Crippen LogP contribution in [0.15, 0.2) is 30.6 Å². The lowest BCUT2D eigenvalue weighted by atomic mass is 10.3. The van der Waals surface area contributed by atoms with Crippen molar-refractivity contribution < 1.29 is 9.47 Å². The third-order valence-corrected chi connectivity index (χ3v) is 2.54. The van der Waals surface area contributed by atoms with E-state index in [-0.39, 0.29) is 0 Å². The van der Waals surface area contributed by atoms with Gasteiger partial charge in [0.15, 0.2) is 11.5 Å². The minimum atomic E-state index is 0.489. The molecule has 2 aromatic rings. The maximum absolute atomic E-state index is 5.93. The van der Waals surface area contributed by atoms with E-state index in [1.54, 1.807) is 25.4 Å². The van der Waals surface area contributed by atoms with Gasteiger partial charge in [-0.3, -0.25) is 4.68 Å². The van der Waals surface area contributed by atoms with E-state index in [1.165, 1.54) is 0 Å². The van der Waals surface area contributed by atoms with Crippen molar-refractivity contribution in [3.63, 3.8) is 0 Å². The first-order valence-corrected chi connectivity index (χ1v) is 5.87. The maximum atomic E-state index is 5.93. The van der Waals surface area contributed by atoms with Crippen molar-refractivity contribution in [2.24, 2.45) is 0 Å². The number of aromatic nitrogens is 2. The van der Waals surface area contributed by atoms with Crippen molar-refractivity contribution in [3.8, 4) is 17.2 Å². The predicted molar refractivity (Wildman–Crippen MR) is 70.0 cm³/mol. The van der Waals surface area contributed by atoms with Crippen LogP contribution in [0.5, 0.6) is 17.2 Å². The summed E-state index contributed by atoms with van der Waals surface area (Å²) in [6.45, 7) is 2.97. The molecule has 0 bridgehead atoms. The van der Waals surface area contributed by atoms with E-state index in [2.05, 4.69) is 12.0 Å². The van der Waals surface area contributed by atoms with Gasteiger partial charge in [0.05, 0.1) is 19.5 Å². The minimum absolute atomic E-state index is 0.489. The summed E-state index contributed by atoms with van der Waals surface area (Å²) in [6, 6.07) is 5.43. The number of aryl methyl sites for hydroxylation is 1. The van der Waals surface area contributed by atoms with Gasteiger partial charge >= 0.3 is 0 Å². The molecule has 0 saturated carbocycles. The van der Waals surface area contributed by atoms with Gasteiger partial charge in [-0.25, -0.2) is 0 Å². The average molecular weight is 247 g/mol. The summed E-state index contributed by atoms with van der Waals surface area (Å²) >= 11 is 0. The molecule has 0 atom stereocenters. The highest BCUT2D eigenvalue weighted by Gasteiger charge is 2.08. The van der Waals surface area contributed by atoms with E-state index in [0.29, 0.717) is 22.9 Å². The highest BCUT2D eigenvalue weighted by Crippen LogP contribution is 2.33. The Bertz CT molecular complexity index is 523. The van der Waals surface area contributed by atoms with Gasteiger partial charge in [-0.15, -0.1) is 0 Å². The van der Waals surface area contributed by atoms with Gasteiger partial charge in [0, 0.05) is 6.54 Å². The molecular weight excluding hydrogens is 230 g/mol. The van der Waals surface area contributed by atoms with Crippen molar-refractivity contribution in [2.45, 2.75) is 19.9 Å². The lowest BCUT2D eigenvalue weighted by molar-refractivity contribution is 0.412. The van der Waals surface area contributed by atoms with Crippen molar-refractivity contribution in [2.75, 3.05) is 12.8 Å². The summed E-state index contributed by atoms with van der Waals surface area (Å²) in [4.78, 5) is 0. The van der Waals surface area contributed by atoms with Crippen LogP contribution in [0.25, 0.3) is 0 Å². The summed E-state index contributed by atoms with van der Waals surface area (Å²) in [5.41, 5.74) is 6.42. The van der Waals surface area contributed by atoms with Crippen LogP contribution in [-0.4, -0.2) is 16.9 Å². The summed E-state index contributed by atoms with van der Waals surface area (Å²) in [5.74, 6) is 1.85. The van der Waals surface area contributed by atoms with E-state index < -0.39 is 0 Å². The van der Waals surface area contributed by atoms with Gasteiger partial charge in [-0.05, 0) is 18.6 Å². The zero-order chi connectivity index (χ0) is 13.0. The van der Waals surface area contributed by atoms with Crippen LogP contribution in [0.4, 0.5) is 5.69 Å². The SMILES string of the molecule is CCCn1cc(Oc2cccc(OC)c2N)cn1. The lowest BCUT2D eigenvalue weighted by Gasteiger charge is -2.09. The third kappa shape index (κ3) is 2.56. The number of ether oxygens (including phenoxy) is 2. The van der Waals surface area contributed by atoms with Crippen LogP contribution in [0.1, 0.15) is 13.3 Å². The standard InChI is InChI=1S/C13H17N3O2/c1-3-7-16-9-10(8-15-16)18-12-6-4-5-11(17-2)13(12)14/h4-6,8-9H,3,7,14H2,1-2H3. The number of nitrogen functional groups attached to an aromatic ring is 1. The maximum Gasteiger partial charge on any atom is 0.165 e. The van der Waals surface area contributed by atoms with Crippen LogP contribution in [-0.2, 0) is 6.54 Å². The van der Waals surface area contributed by atoms with Gasteiger partial charge in [-0.1, -0.05) is 13.0 Å². The lowest BCUT2D eigenvalue weighted by Crippen LogP contribution is -1.96. The largest absolute Gasteiger partial charge is 0.494 e. The van der Waals surface area contributed by atoms with Gasteiger partial charge in [-0.2, -0.15) is 5.10 Å². The van der Waals surface area contributed by atoms with E-state index >= 15 is 0 Å². The molecule has 0 radical (unpaired) electrons. The third-order valence-electron chi connectivity index (χ3n) is 2.54. The second-order valence-corrected chi connectivity index (χ2v) is 3.91. The van der Waals surface area contributed by atoms with Crippen LogP contribution in [0.3, 0.4) is 0 Å². The van der Waals surface area contributed by atoms with E-state index in [4.69, 9.17) is 15.2 Å². The molecule has 2 rings (SSSR count). The number of anilines is 1. The molecule has 1 heterocycles. The molecule has 0 aliphatic carbocycles. The molecule has 5 heteroatoms. The van der Waals surface area contributed by atoms with Crippen molar-refractivity contribution >= 4 is 5.69 Å². The first kappa shape index (κ1) is 12.3. The van der Waals surface area contributed by atoms with Crippen molar-refractivity contribution in [3.05, 3.63) is 30.6 Å². The smallest absolute Gasteiger partial charge is 0.165 e. The predicted octanol–water partition coefficient (Wildman–Crippen LogP) is 2.68. The monoisotopic (exact) mass is 247 g/mol. The molecule has 0 aliphatic rings. The molecule has 0 fully saturated rings. The molecule has 1 aromatic carbocycles. The second kappa shape index (κ2) is 5.44. The molecule has 0 amide bonds. The fourth-order valence-electron chi connectivity index (χ4n) is 1.67. The van der Waals surface area contributed by atoms with Gasteiger partial charge in [0.25, 0.3) is 0 Å². The van der Waals surface area contributed by atoms with E-state index in [9.17, 15) is 0 Å². The van der Waals surface area contributed by atoms with Crippen LogP contribution >= 0.6 is 0 Å². The first-order chi connectivity index (χ1) is 8.74. The highest BCUT2D eigenvalue weighted by molar-refractivity contribution is 5.63. The Morgan fingerprint density at radius 2 is 2.11 bits per heavy atom. The Kier molecular flexibility index (Phi) is 3.72. The molecule has 5 nitrogen and oxygen atoms in total. The summed E-state index contributed by atoms with van der Waals surface area (Å²) in [7, 11) is 1.58. The first-order valence-electron chi connectivity index (χ1n) is 5.87. The Morgan fingerprint density at radius 1 is 1.33 bits per heavy atom. The number of nitrogens with two attached hydrogens (primary N) is 1. The van der Waals surface area contributed by atoms with Gasteiger partial charge < -0.3 is 15.2 Å². The number of methoxy groups -OCH3 is 1. The Balaban J connectivity index is 2.17. The topological polar surface area (TPSA) is 62.3 Å². The minimum Gasteiger partial charge on any atom is -0.494 e. The quantitative estimate of drug-likeness (QED) is 0.825. The van der Waals surface area contributed by atoms with Crippen LogP contribution in [0, 0.1) is 0 Å². The van der Waals surface area contributed by atoms with E-state index in [1.807, 2.05) is 16.9 Å². The normalized spacial score (nSPS) is 10.3. The van der Waals surface area contributed by atoms with Gasteiger partial charge in [0.1, 0.15) is 11.4 Å². The number of nitrogens with zero attached hydrogens (tertiary/aromatic N) is 2. The fourth-order valence-corrected chi connectivity index (χ4v) is 1.67. The molecule has 0 saturated heterocycles. The van der Waals surface area contributed by atoms with Crippen LogP contribution < -0.4 is 15.2 Å². The average Bonchev–Trinajstić information content (AvgIpc) is 2.80. The highest BCUT2D eigenvalue weighted by atomic mass is 16.5. The number of rotatable bonds is 5. The summed E-state index contributed by atoms with van der Waals surface area (Å²) < 4.78 is 12.7. The van der Waals surface area contributed by atoms with E-state index in [0.717, 1.165) is 13.0 Å².